The lowest BCUT2D eigenvalue weighted by Gasteiger charge is -1.78. The highest BCUT2D eigenvalue weighted by Gasteiger charge is 1.67. The van der Waals surface area contributed by atoms with E-state index in [4.69, 9.17) is 6.58 Å². The molecule has 0 rings (SSSR count). The second-order valence-electron chi connectivity index (χ2n) is 1.65. The van der Waals surface area contributed by atoms with Crippen molar-refractivity contribution in [3.63, 3.8) is 0 Å². The Morgan fingerprint density at radius 2 is 1.78 bits per heavy atom. The second-order valence-corrected chi connectivity index (χ2v) is 1.65. The van der Waals surface area contributed by atoms with Gasteiger partial charge in [0.1, 0.15) is 0 Å². The predicted molar refractivity (Wildman–Crippen MR) is 41.7 cm³/mol. The number of hydrogen-bond donors (Lipinski definition) is 0. The maximum absolute atomic E-state index is 5.14. The third-order valence-electron chi connectivity index (χ3n) is 0.878. The van der Waals surface area contributed by atoms with Gasteiger partial charge in [-0.25, -0.2) is 0 Å². The quantitative estimate of drug-likeness (QED) is 0.500. The van der Waals surface area contributed by atoms with Crippen molar-refractivity contribution in [2.24, 2.45) is 0 Å². The normalized spacial score (nSPS) is 11.2. The first-order chi connectivity index (χ1) is 4.41. The molecule has 0 aromatic carbocycles. The zero-order chi connectivity index (χ0) is 6.95. The molecule has 2 radical (unpaired) electrons. The smallest absolute Gasteiger partial charge is 0.0166 e. The van der Waals surface area contributed by atoms with E-state index < -0.39 is 0 Å². The van der Waals surface area contributed by atoms with Crippen LogP contribution in [0, 0.1) is 13.5 Å². The molecule has 0 aromatic rings. The average Bonchev–Trinajstić information content (AvgIpc) is 1.89. The molecule has 0 aliphatic rings. The highest BCUT2D eigenvalue weighted by Crippen LogP contribution is 1.88. The van der Waals surface area contributed by atoms with Crippen LogP contribution >= 0.6 is 0 Å². The summed E-state index contributed by atoms with van der Waals surface area (Å²) in [5.41, 5.74) is 0. The Kier molecular flexibility index (Phi) is 6.59. The summed E-state index contributed by atoms with van der Waals surface area (Å²) in [6, 6.07) is 0. The Labute approximate surface area is 57.6 Å². The lowest BCUT2D eigenvalue weighted by Crippen LogP contribution is -1.57. The van der Waals surface area contributed by atoms with Crippen molar-refractivity contribution in [1.82, 2.24) is 0 Å². The first kappa shape index (κ1) is 8.22. The largest absolute Gasteiger partial charge is 0.0879 e. The summed E-state index contributed by atoms with van der Waals surface area (Å²) in [4.78, 5) is 0. The van der Waals surface area contributed by atoms with E-state index in [1.54, 1.807) is 12.2 Å². The molecule has 0 unspecified atom stereocenters. The van der Waals surface area contributed by atoms with Crippen LogP contribution in [0.3, 0.4) is 0 Å². The molecule has 0 bridgehead atoms. The van der Waals surface area contributed by atoms with Gasteiger partial charge >= 0.3 is 0 Å². The van der Waals surface area contributed by atoms with Gasteiger partial charge in [-0.05, 0) is 19.8 Å². The van der Waals surface area contributed by atoms with Gasteiger partial charge in [0.05, 0.1) is 0 Å². The first-order valence-electron chi connectivity index (χ1n) is 3.04. The molecule has 0 N–H and O–H groups in total. The SMILES string of the molecule is [CH]=CCC=CCC=C[CH2]. The lowest BCUT2D eigenvalue weighted by atomic mass is 10.3. The van der Waals surface area contributed by atoms with Crippen LogP contribution < -0.4 is 0 Å². The Hall–Kier alpha value is -0.780. The fourth-order valence-corrected chi connectivity index (χ4v) is 0.446. The van der Waals surface area contributed by atoms with Crippen molar-refractivity contribution < 1.29 is 0 Å². The third kappa shape index (κ3) is 7.22. The van der Waals surface area contributed by atoms with Gasteiger partial charge in [-0.3, -0.25) is 0 Å². The molecule has 0 aliphatic carbocycles. The molecule has 48 valence electrons. The average molecular weight is 120 g/mol. The molecule has 0 amide bonds. The minimum Gasteiger partial charge on any atom is -0.0879 e. The minimum atomic E-state index is 0.852. The summed E-state index contributed by atoms with van der Waals surface area (Å²) < 4.78 is 0. The zero-order valence-corrected chi connectivity index (χ0v) is 5.59. The molecule has 9 heavy (non-hydrogen) atoms. The van der Waals surface area contributed by atoms with E-state index in [-0.39, 0.29) is 0 Å². The third-order valence-corrected chi connectivity index (χ3v) is 0.878. The molecule has 0 spiro atoms. The van der Waals surface area contributed by atoms with Crippen molar-refractivity contribution in [3.05, 3.63) is 43.9 Å². The van der Waals surface area contributed by atoms with Gasteiger partial charge < -0.3 is 0 Å². The molecular weight excluding hydrogens is 108 g/mol. The monoisotopic (exact) mass is 120 g/mol. The standard InChI is InChI=1S/C9H12/c1-3-5-7-9-8-6-4-2/h1,3-4,6-7,9H,2,5,8H2. The maximum atomic E-state index is 5.14. The zero-order valence-electron chi connectivity index (χ0n) is 5.59. The second kappa shape index (κ2) is 7.22. The summed E-state index contributed by atoms with van der Waals surface area (Å²) in [5, 5.41) is 0. The molecule has 0 aromatic heterocycles. The fourth-order valence-electron chi connectivity index (χ4n) is 0.446. The molecule has 0 heterocycles. The molecule has 0 saturated heterocycles. The van der Waals surface area contributed by atoms with Gasteiger partial charge in [-0.1, -0.05) is 37.0 Å². The minimum absolute atomic E-state index is 0.852. The molecule has 0 aliphatic heterocycles. The van der Waals surface area contributed by atoms with Gasteiger partial charge in [0.25, 0.3) is 0 Å². The summed E-state index contributed by atoms with van der Waals surface area (Å²) in [6.07, 6.45) is 11.3. The van der Waals surface area contributed by atoms with Gasteiger partial charge in [0.15, 0.2) is 0 Å². The maximum Gasteiger partial charge on any atom is -0.0166 e. The Morgan fingerprint density at radius 3 is 2.33 bits per heavy atom. The van der Waals surface area contributed by atoms with E-state index in [9.17, 15) is 0 Å². The fraction of sp³-hybridized carbons (Fsp3) is 0.222. The van der Waals surface area contributed by atoms with E-state index in [2.05, 4.69) is 13.0 Å². The van der Waals surface area contributed by atoms with Gasteiger partial charge in [0, 0.05) is 0 Å². The summed E-state index contributed by atoms with van der Waals surface area (Å²) in [6.45, 7) is 8.69. The molecule has 0 saturated carbocycles. The van der Waals surface area contributed by atoms with Crippen LogP contribution in [0.4, 0.5) is 0 Å². The summed E-state index contributed by atoms with van der Waals surface area (Å²) >= 11 is 0. The van der Waals surface area contributed by atoms with Crippen LogP contribution in [0.2, 0.25) is 0 Å². The van der Waals surface area contributed by atoms with Crippen LogP contribution in [0.25, 0.3) is 0 Å². The van der Waals surface area contributed by atoms with Crippen molar-refractivity contribution >= 4 is 0 Å². The molecule has 0 fully saturated rings. The Morgan fingerprint density at radius 1 is 1.11 bits per heavy atom. The van der Waals surface area contributed by atoms with Gasteiger partial charge in [0.2, 0.25) is 0 Å². The Bertz CT molecular complexity index is 107. The van der Waals surface area contributed by atoms with Crippen molar-refractivity contribution in [2.75, 3.05) is 0 Å². The van der Waals surface area contributed by atoms with Gasteiger partial charge in [-0.2, -0.15) is 0 Å². The predicted octanol–water partition coefficient (Wildman–Crippen LogP) is 2.70. The van der Waals surface area contributed by atoms with Crippen molar-refractivity contribution in [1.29, 1.82) is 0 Å². The van der Waals surface area contributed by atoms with Crippen molar-refractivity contribution in [3.8, 4) is 0 Å². The number of allylic oxidation sites excluding steroid dienone is 5. The van der Waals surface area contributed by atoms with Crippen molar-refractivity contribution in [2.45, 2.75) is 12.8 Å². The van der Waals surface area contributed by atoms with E-state index in [0.29, 0.717) is 0 Å². The highest BCUT2D eigenvalue weighted by molar-refractivity contribution is 4.95. The topological polar surface area (TPSA) is 0 Å². The molecule has 0 nitrogen and oxygen atoms in total. The summed E-state index contributed by atoms with van der Waals surface area (Å²) in [7, 11) is 0. The summed E-state index contributed by atoms with van der Waals surface area (Å²) in [5.74, 6) is 0. The Balaban J connectivity index is 3.14. The number of rotatable bonds is 4. The highest BCUT2D eigenvalue weighted by atomic mass is 13.7. The molecule has 0 heteroatoms. The lowest BCUT2D eigenvalue weighted by molar-refractivity contribution is 1.31. The number of hydrogen-bond acceptors (Lipinski definition) is 0. The van der Waals surface area contributed by atoms with Crippen LogP contribution in [0.15, 0.2) is 30.4 Å². The van der Waals surface area contributed by atoms with Gasteiger partial charge in [-0.15, -0.1) is 0 Å². The van der Waals surface area contributed by atoms with E-state index in [1.807, 2.05) is 12.2 Å². The van der Waals surface area contributed by atoms with Crippen LogP contribution in [0.1, 0.15) is 12.8 Å². The van der Waals surface area contributed by atoms with Crippen LogP contribution in [-0.4, -0.2) is 0 Å². The molecule has 0 atom stereocenters. The first-order valence-corrected chi connectivity index (χ1v) is 3.04. The van der Waals surface area contributed by atoms with E-state index in [1.165, 1.54) is 0 Å². The van der Waals surface area contributed by atoms with E-state index >= 15 is 0 Å². The molecular formula is C9H12. The van der Waals surface area contributed by atoms with E-state index in [0.717, 1.165) is 12.8 Å². The van der Waals surface area contributed by atoms with Crippen LogP contribution in [-0.2, 0) is 0 Å². The van der Waals surface area contributed by atoms with Crippen LogP contribution in [0.5, 0.6) is 0 Å².